The zero-order valence-electron chi connectivity index (χ0n) is 19.5. The maximum Gasteiger partial charge on any atom is 0.232 e. The molecule has 5 rings (SSSR count). The fourth-order valence-electron chi connectivity index (χ4n) is 4.47. The monoisotopic (exact) mass is 488 g/mol. The number of aromatic nitrogens is 2. The van der Waals surface area contributed by atoms with Crippen LogP contribution in [0.5, 0.6) is 11.6 Å². The van der Waals surface area contributed by atoms with E-state index in [1.54, 1.807) is 12.1 Å². The lowest BCUT2D eigenvalue weighted by Crippen LogP contribution is -2.39. The van der Waals surface area contributed by atoms with Gasteiger partial charge in [0.25, 0.3) is 0 Å². The molecule has 178 valence electrons. The van der Waals surface area contributed by atoms with Gasteiger partial charge in [0, 0.05) is 24.8 Å². The van der Waals surface area contributed by atoms with Crippen LogP contribution in [0.3, 0.4) is 0 Å². The number of benzene rings is 2. The molecular formula is C26H25FN6OS. The van der Waals surface area contributed by atoms with Crippen molar-refractivity contribution in [1.82, 2.24) is 9.97 Å². The molecule has 2 aromatic heterocycles. The molecule has 0 saturated carbocycles. The van der Waals surface area contributed by atoms with E-state index in [4.69, 9.17) is 20.4 Å². The summed E-state index contributed by atoms with van der Waals surface area (Å²) in [7, 11) is 0. The first kappa shape index (κ1) is 22.9. The minimum absolute atomic E-state index is 0.159. The highest BCUT2D eigenvalue weighted by molar-refractivity contribution is 7.16. The molecule has 3 heterocycles. The van der Waals surface area contributed by atoms with Crippen LogP contribution in [-0.2, 0) is 0 Å². The van der Waals surface area contributed by atoms with Crippen LogP contribution in [-0.4, -0.2) is 29.1 Å². The van der Waals surface area contributed by atoms with Crippen molar-refractivity contribution >= 4 is 38.9 Å². The summed E-state index contributed by atoms with van der Waals surface area (Å²) in [6, 6.07) is 12.7. The van der Waals surface area contributed by atoms with Gasteiger partial charge in [-0.25, -0.2) is 9.37 Å². The molecule has 3 N–H and O–H groups in total. The predicted molar refractivity (Wildman–Crippen MR) is 138 cm³/mol. The maximum atomic E-state index is 14.3. The number of ether oxygens (including phenoxy) is 1. The zero-order valence-corrected chi connectivity index (χ0v) is 20.3. The van der Waals surface area contributed by atoms with Gasteiger partial charge in [-0.05, 0) is 79.6 Å². The largest absolute Gasteiger partial charge is 0.438 e. The molecule has 0 spiro atoms. The predicted octanol–water partition coefficient (Wildman–Crippen LogP) is 5.77. The summed E-state index contributed by atoms with van der Waals surface area (Å²) >= 11 is 1.53. The van der Waals surface area contributed by atoms with Gasteiger partial charge in [0.15, 0.2) is 0 Å². The number of aryl methyl sites for hydroxylation is 2. The number of hydrogen-bond donors (Lipinski definition) is 2. The minimum Gasteiger partial charge on any atom is -0.438 e. The maximum absolute atomic E-state index is 14.3. The number of nitrogens with two attached hydrogens (primary N) is 1. The molecular weight excluding hydrogens is 463 g/mol. The highest BCUT2D eigenvalue weighted by Crippen LogP contribution is 2.35. The Morgan fingerprint density at radius 1 is 1.14 bits per heavy atom. The van der Waals surface area contributed by atoms with Crippen molar-refractivity contribution in [3.63, 3.8) is 0 Å². The van der Waals surface area contributed by atoms with Crippen molar-refractivity contribution in [1.29, 1.82) is 5.26 Å². The molecule has 0 unspecified atom stereocenters. The third kappa shape index (κ3) is 4.70. The van der Waals surface area contributed by atoms with Crippen molar-refractivity contribution in [3.8, 4) is 17.7 Å². The van der Waals surface area contributed by atoms with Gasteiger partial charge >= 0.3 is 0 Å². The standard InChI is InChI=1S/C26H25FN6OS/c1-15-11-17(14-28)12-16(2)23(15)34-24-20-7-10-35-25(20)32-26(31-24)30-19-5-8-33(9-6-19)22-4-3-18(29)13-21(22)27/h3-4,7,10-13,19H,5-6,8-9,29H2,1-2H3,(H,30,31,32). The van der Waals surface area contributed by atoms with Gasteiger partial charge in [-0.3, -0.25) is 0 Å². The van der Waals surface area contributed by atoms with Gasteiger partial charge in [0.05, 0.1) is 22.7 Å². The average molecular weight is 489 g/mol. The summed E-state index contributed by atoms with van der Waals surface area (Å²) in [5.41, 5.74) is 9.04. The molecule has 1 aliphatic heterocycles. The summed E-state index contributed by atoms with van der Waals surface area (Å²) in [4.78, 5) is 12.3. The Kier molecular flexibility index (Phi) is 6.14. The van der Waals surface area contributed by atoms with Gasteiger partial charge in [-0.1, -0.05) is 0 Å². The smallest absolute Gasteiger partial charge is 0.232 e. The van der Waals surface area contributed by atoms with Crippen molar-refractivity contribution in [2.45, 2.75) is 32.7 Å². The van der Waals surface area contributed by atoms with E-state index in [9.17, 15) is 9.65 Å². The third-order valence-electron chi connectivity index (χ3n) is 6.22. The Labute approximate surface area is 207 Å². The number of nitrogens with zero attached hydrogens (tertiary/aromatic N) is 4. The van der Waals surface area contributed by atoms with Crippen LogP contribution in [0.1, 0.15) is 29.5 Å². The second-order valence-electron chi connectivity index (χ2n) is 8.76. The molecule has 1 fully saturated rings. The van der Waals surface area contributed by atoms with Gasteiger partial charge in [0.2, 0.25) is 11.8 Å². The number of nitrogens with one attached hydrogen (secondary N) is 1. The van der Waals surface area contributed by atoms with Crippen LogP contribution >= 0.6 is 11.3 Å². The quantitative estimate of drug-likeness (QED) is 0.344. The van der Waals surface area contributed by atoms with Gasteiger partial charge in [0.1, 0.15) is 16.4 Å². The molecule has 0 atom stereocenters. The first-order chi connectivity index (χ1) is 16.9. The number of fused-ring (bicyclic) bond motifs is 1. The van der Waals surface area contributed by atoms with Crippen molar-refractivity contribution in [3.05, 3.63) is 64.3 Å². The lowest BCUT2D eigenvalue weighted by atomic mass is 10.0. The van der Waals surface area contributed by atoms with E-state index in [-0.39, 0.29) is 11.9 Å². The summed E-state index contributed by atoms with van der Waals surface area (Å²) in [5, 5.41) is 15.5. The van der Waals surface area contributed by atoms with Crippen LogP contribution in [0.15, 0.2) is 41.8 Å². The molecule has 0 amide bonds. The molecule has 7 nitrogen and oxygen atoms in total. The summed E-state index contributed by atoms with van der Waals surface area (Å²) < 4.78 is 20.6. The Morgan fingerprint density at radius 2 is 1.89 bits per heavy atom. The van der Waals surface area contributed by atoms with Gasteiger partial charge in [-0.15, -0.1) is 11.3 Å². The van der Waals surface area contributed by atoms with E-state index < -0.39 is 0 Å². The van der Waals surface area contributed by atoms with Crippen molar-refractivity contribution in [2.75, 3.05) is 29.0 Å². The molecule has 4 aromatic rings. The van der Waals surface area contributed by atoms with Gasteiger partial charge < -0.3 is 20.7 Å². The van der Waals surface area contributed by atoms with Crippen LogP contribution in [0.25, 0.3) is 10.2 Å². The van der Waals surface area contributed by atoms with Crippen molar-refractivity contribution < 1.29 is 9.13 Å². The van der Waals surface area contributed by atoms with Crippen LogP contribution in [0, 0.1) is 31.0 Å². The normalized spacial score (nSPS) is 14.2. The molecule has 0 bridgehead atoms. The summed E-state index contributed by atoms with van der Waals surface area (Å²) in [5.74, 6) is 1.39. The topological polar surface area (TPSA) is 100 Å². The lowest BCUT2D eigenvalue weighted by Gasteiger charge is -2.34. The number of nitrogen functional groups attached to an aromatic ring is 1. The third-order valence-corrected chi connectivity index (χ3v) is 7.03. The first-order valence-corrected chi connectivity index (χ1v) is 12.3. The average Bonchev–Trinajstić information content (AvgIpc) is 3.31. The zero-order chi connectivity index (χ0) is 24.5. The molecule has 0 radical (unpaired) electrons. The Morgan fingerprint density at radius 3 is 2.57 bits per heavy atom. The molecule has 0 aliphatic carbocycles. The highest BCUT2D eigenvalue weighted by Gasteiger charge is 2.23. The van der Waals surface area contributed by atoms with Crippen LogP contribution in [0.2, 0.25) is 0 Å². The highest BCUT2D eigenvalue weighted by atomic mass is 32.1. The van der Waals surface area contributed by atoms with E-state index in [1.165, 1.54) is 17.4 Å². The fourth-order valence-corrected chi connectivity index (χ4v) is 5.22. The number of nitriles is 1. The van der Waals surface area contributed by atoms with E-state index in [1.807, 2.05) is 42.3 Å². The molecule has 1 saturated heterocycles. The van der Waals surface area contributed by atoms with Crippen LogP contribution < -0.4 is 20.7 Å². The Balaban J connectivity index is 1.34. The molecule has 1 aliphatic rings. The molecule has 2 aromatic carbocycles. The van der Waals surface area contributed by atoms with Crippen LogP contribution in [0.4, 0.5) is 21.7 Å². The molecule has 35 heavy (non-hydrogen) atoms. The second kappa shape index (κ2) is 9.39. The van der Waals surface area contributed by atoms with E-state index >= 15 is 0 Å². The Bertz CT molecular complexity index is 1410. The number of anilines is 3. The minimum atomic E-state index is -0.293. The fraction of sp³-hybridized carbons (Fsp3) is 0.269. The van der Waals surface area contributed by atoms with E-state index in [0.29, 0.717) is 47.6 Å². The number of halogens is 1. The second-order valence-corrected chi connectivity index (χ2v) is 9.66. The van der Waals surface area contributed by atoms with E-state index in [0.717, 1.165) is 34.2 Å². The molecule has 9 heteroatoms. The Hall–Kier alpha value is -3.90. The lowest BCUT2D eigenvalue weighted by molar-refractivity contribution is 0.460. The number of hydrogen-bond acceptors (Lipinski definition) is 8. The SMILES string of the molecule is Cc1cc(C#N)cc(C)c1Oc1nc(NC2CCN(c3ccc(N)cc3F)CC2)nc2sccc12. The van der Waals surface area contributed by atoms with Gasteiger partial charge in [-0.2, -0.15) is 10.2 Å². The summed E-state index contributed by atoms with van der Waals surface area (Å²) in [6.45, 7) is 5.28. The number of thiophene rings is 1. The van der Waals surface area contributed by atoms with E-state index in [2.05, 4.69) is 11.4 Å². The first-order valence-electron chi connectivity index (χ1n) is 11.4. The van der Waals surface area contributed by atoms with Crippen molar-refractivity contribution in [2.24, 2.45) is 0 Å². The number of rotatable bonds is 5. The number of piperidine rings is 1. The summed E-state index contributed by atoms with van der Waals surface area (Å²) in [6.07, 6.45) is 1.64.